The van der Waals surface area contributed by atoms with Gasteiger partial charge in [0.15, 0.2) is 19.7 Å². The first-order valence-electron chi connectivity index (χ1n) is 10.2. The minimum Gasteiger partial charge on any atom is -0.461 e. The van der Waals surface area contributed by atoms with Crippen molar-refractivity contribution in [2.45, 2.75) is 52.4 Å². The Kier molecular flexibility index (Phi) is 6.05. The molecule has 0 saturated carbocycles. The van der Waals surface area contributed by atoms with Gasteiger partial charge in [0.25, 0.3) is 0 Å². The third-order valence-corrected chi connectivity index (χ3v) is 10.3. The molecule has 30 heavy (non-hydrogen) atoms. The maximum atomic E-state index is 12.1. The zero-order valence-corrected chi connectivity index (χ0v) is 19.7. The van der Waals surface area contributed by atoms with Gasteiger partial charge in [-0.25, -0.2) is 9.78 Å². The van der Waals surface area contributed by atoms with Crippen LogP contribution in [0.5, 0.6) is 0 Å². The minimum atomic E-state index is -1.83. The van der Waals surface area contributed by atoms with Crippen LogP contribution in [0, 0.1) is 0 Å². The number of fused-ring (bicyclic) bond motifs is 1. The van der Waals surface area contributed by atoms with Crippen LogP contribution in [0.2, 0.25) is 18.1 Å². The second-order valence-electron chi connectivity index (χ2n) is 8.95. The van der Waals surface area contributed by atoms with E-state index in [1.165, 1.54) is 6.20 Å². The van der Waals surface area contributed by atoms with E-state index in [4.69, 9.17) is 14.9 Å². The number of anilines is 1. The Morgan fingerprint density at radius 2 is 1.97 bits per heavy atom. The summed E-state index contributed by atoms with van der Waals surface area (Å²) in [6.45, 7) is 13.9. The zero-order valence-electron chi connectivity index (χ0n) is 18.7. The summed E-state index contributed by atoms with van der Waals surface area (Å²) >= 11 is 0. The molecule has 2 aromatic heterocycles. The summed E-state index contributed by atoms with van der Waals surface area (Å²) in [6.07, 6.45) is 3.30. The number of nitrogen functional groups attached to an aromatic ring is 1. The molecule has 2 N–H and O–H groups in total. The fourth-order valence-corrected chi connectivity index (χ4v) is 3.95. The van der Waals surface area contributed by atoms with Crippen molar-refractivity contribution >= 4 is 25.6 Å². The topological polar surface area (TPSA) is 78.8 Å². The molecule has 0 saturated heterocycles. The molecule has 0 aliphatic carbocycles. The van der Waals surface area contributed by atoms with E-state index in [-0.39, 0.29) is 5.04 Å². The number of nitrogens with two attached hydrogens (primary N) is 1. The van der Waals surface area contributed by atoms with E-state index < -0.39 is 14.3 Å². The summed E-state index contributed by atoms with van der Waals surface area (Å²) in [5.74, 6) is -0.415. The van der Waals surface area contributed by atoms with E-state index in [1.54, 1.807) is 17.5 Å². The molecule has 3 aromatic rings. The molecule has 0 bridgehead atoms. The predicted octanol–water partition coefficient (Wildman–Crippen LogP) is 5.28. The number of benzene rings is 1. The summed E-state index contributed by atoms with van der Waals surface area (Å²) in [4.78, 5) is 16.5. The number of aromatic nitrogens is 2. The van der Waals surface area contributed by atoms with Crippen molar-refractivity contribution in [1.29, 1.82) is 0 Å². The highest BCUT2D eigenvalue weighted by Crippen LogP contribution is 2.37. The Labute approximate surface area is 179 Å². The van der Waals surface area contributed by atoms with Crippen LogP contribution in [0.4, 0.5) is 5.69 Å². The Morgan fingerprint density at radius 3 is 2.63 bits per heavy atom. The van der Waals surface area contributed by atoms with Crippen LogP contribution in [0.15, 0.2) is 42.7 Å². The van der Waals surface area contributed by atoms with Crippen molar-refractivity contribution < 1.29 is 14.0 Å². The SMILES string of the molecule is CCOC(=O)c1cnc2c(N)c(-c3cccc(CO[Si](C)(C)C(C)(C)C)c3)ccn12. The van der Waals surface area contributed by atoms with Gasteiger partial charge in [0.05, 0.1) is 25.1 Å². The molecule has 7 heteroatoms. The van der Waals surface area contributed by atoms with E-state index in [9.17, 15) is 4.79 Å². The smallest absolute Gasteiger partial charge is 0.356 e. The number of ether oxygens (including phenoxy) is 1. The lowest BCUT2D eigenvalue weighted by atomic mass is 10.0. The fraction of sp³-hybridized carbons (Fsp3) is 0.391. The molecule has 0 aliphatic heterocycles. The van der Waals surface area contributed by atoms with Crippen molar-refractivity contribution in [3.8, 4) is 11.1 Å². The number of hydrogen-bond donors (Lipinski definition) is 1. The standard InChI is InChI=1S/C23H31N3O3Si/c1-7-28-22(27)19-14-25-21-20(24)18(11-12-26(19)21)17-10-8-9-16(13-17)15-29-30(5,6)23(2,3)4/h8-14H,7,15,24H2,1-6H3. The van der Waals surface area contributed by atoms with Crippen LogP contribution in [0.1, 0.15) is 43.7 Å². The molecule has 160 valence electrons. The third-order valence-electron chi connectivity index (χ3n) is 5.85. The highest BCUT2D eigenvalue weighted by molar-refractivity contribution is 6.74. The number of esters is 1. The normalized spacial score (nSPS) is 12.3. The van der Waals surface area contributed by atoms with Gasteiger partial charge in [0, 0.05) is 11.8 Å². The first-order chi connectivity index (χ1) is 14.0. The Bertz CT molecular complexity index is 1070. The van der Waals surface area contributed by atoms with Gasteiger partial charge in [0.2, 0.25) is 0 Å². The van der Waals surface area contributed by atoms with Gasteiger partial charge in [0.1, 0.15) is 0 Å². The number of nitrogens with zero attached hydrogens (tertiary/aromatic N) is 2. The Balaban J connectivity index is 1.90. The highest BCUT2D eigenvalue weighted by atomic mass is 28.4. The van der Waals surface area contributed by atoms with Crippen LogP contribution >= 0.6 is 0 Å². The first kappa shape index (κ1) is 22.1. The van der Waals surface area contributed by atoms with E-state index in [1.807, 2.05) is 18.2 Å². The van der Waals surface area contributed by atoms with Crippen LogP contribution < -0.4 is 5.73 Å². The molecule has 0 amide bonds. The second kappa shape index (κ2) is 8.24. The summed E-state index contributed by atoms with van der Waals surface area (Å²) in [6, 6.07) is 10.1. The van der Waals surface area contributed by atoms with E-state index in [0.717, 1.165) is 16.7 Å². The van der Waals surface area contributed by atoms with Gasteiger partial charge in [-0.1, -0.05) is 39.0 Å². The summed E-state index contributed by atoms with van der Waals surface area (Å²) in [5.41, 5.74) is 10.8. The molecule has 1 aromatic carbocycles. The number of imidazole rings is 1. The second-order valence-corrected chi connectivity index (χ2v) is 13.8. The average Bonchev–Trinajstić information content (AvgIpc) is 3.11. The molecule has 0 unspecified atom stereocenters. The number of carbonyl (C=O) groups is 1. The minimum absolute atomic E-state index is 0.164. The van der Waals surface area contributed by atoms with Crippen molar-refractivity contribution in [3.05, 3.63) is 54.0 Å². The number of carbonyl (C=O) groups excluding carboxylic acids is 1. The van der Waals surface area contributed by atoms with Crippen molar-refractivity contribution in [3.63, 3.8) is 0 Å². The average molecular weight is 426 g/mol. The summed E-state index contributed by atoms with van der Waals surface area (Å²) in [5, 5.41) is 0.164. The van der Waals surface area contributed by atoms with Crippen molar-refractivity contribution in [1.82, 2.24) is 9.38 Å². The molecule has 6 nitrogen and oxygen atoms in total. The quantitative estimate of drug-likeness (QED) is 0.429. The van der Waals surface area contributed by atoms with Gasteiger partial charge < -0.3 is 14.9 Å². The summed E-state index contributed by atoms with van der Waals surface area (Å²) in [7, 11) is -1.83. The van der Waals surface area contributed by atoms with Crippen LogP contribution in [0.25, 0.3) is 16.8 Å². The van der Waals surface area contributed by atoms with Crippen molar-refractivity contribution in [2.75, 3.05) is 12.3 Å². The maximum absolute atomic E-state index is 12.1. The first-order valence-corrected chi connectivity index (χ1v) is 13.1. The molecule has 0 radical (unpaired) electrons. The van der Waals surface area contributed by atoms with Gasteiger partial charge >= 0.3 is 5.97 Å². The zero-order chi connectivity index (χ0) is 22.1. The molecule has 2 heterocycles. The van der Waals surface area contributed by atoms with Crippen LogP contribution in [-0.2, 0) is 15.8 Å². The van der Waals surface area contributed by atoms with Gasteiger partial charge in [-0.15, -0.1) is 0 Å². The van der Waals surface area contributed by atoms with Gasteiger partial charge in [-0.3, -0.25) is 4.40 Å². The Hall–Kier alpha value is -2.64. The monoisotopic (exact) mass is 425 g/mol. The molecule has 0 fully saturated rings. The van der Waals surface area contributed by atoms with Gasteiger partial charge in [-0.05, 0) is 48.3 Å². The Morgan fingerprint density at radius 1 is 1.23 bits per heavy atom. The summed E-state index contributed by atoms with van der Waals surface area (Å²) < 4.78 is 13.1. The van der Waals surface area contributed by atoms with E-state index in [0.29, 0.717) is 30.2 Å². The van der Waals surface area contributed by atoms with E-state index in [2.05, 4.69) is 51.0 Å². The maximum Gasteiger partial charge on any atom is 0.356 e. The molecule has 0 atom stereocenters. The third kappa shape index (κ3) is 4.27. The lowest BCUT2D eigenvalue weighted by Gasteiger charge is -2.36. The number of rotatable bonds is 6. The van der Waals surface area contributed by atoms with Gasteiger partial charge in [-0.2, -0.15) is 0 Å². The lowest BCUT2D eigenvalue weighted by Crippen LogP contribution is -2.40. The van der Waals surface area contributed by atoms with Crippen LogP contribution in [-0.4, -0.2) is 30.3 Å². The number of hydrogen-bond acceptors (Lipinski definition) is 5. The highest BCUT2D eigenvalue weighted by Gasteiger charge is 2.37. The molecule has 0 spiro atoms. The fourth-order valence-electron chi connectivity index (χ4n) is 2.99. The van der Waals surface area contributed by atoms with Crippen LogP contribution in [0.3, 0.4) is 0 Å². The predicted molar refractivity (Wildman–Crippen MR) is 123 cm³/mol. The molecule has 0 aliphatic rings. The van der Waals surface area contributed by atoms with Crippen molar-refractivity contribution in [2.24, 2.45) is 0 Å². The molecule has 3 rings (SSSR count). The largest absolute Gasteiger partial charge is 0.461 e. The number of pyridine rings is 1. The molecular formula is C23H31N3O3Si. The van der Waals surface area contributed by atoms with E-state index >= 15 is 0 Å². The molecular weight excluding hydrogens is 394 g/mol. The lowest BCUT2D eigenvalue weighted by molar-refractivity contribution is 0.0518.